The molecular weight excluding hydrogens is 467 g/mol. The second-order valence-electron chi connectivity index (χ2n) is 10.2. The van der Waals surface area contributed by atoms with Gasteiger partial charge in [-0.15, -0.1) is 10.2 Å². The van der Waals surface area contributed by atoms with Gasteiger partial charge < -0.3 is 4.42 Å². The second-order valence-corrected chi connectivity index (χ2v) is 10.2. The number of fused-ring (bicyclic) bond motifs is 3. The van der Waals surface area contributed by atoms with Crippen LogP contribution in [0.15, 0.2) is 65.2 Å². The van der Waals surface area contributed by atoms with E-state index in [2.05, 4.69) is 36.3 Å². The Kier molecular flexibility index (Phi) is 5.35. The summed E-state index contributed by atoms with van der Waals surface area (Å²) in [6.45, 7) is 2.59. The van der Waals surface area contributed by atoms with Crippen LogP contribution in [0.5, 0.6) is 0 Å². The van der Waals surface area contributed by atoms with E-state index in [1.54, 1.807) is 18.3 Å². The van der Waals surface area contributed by atoms with Crippen LogP contribution in [0.3, 0.4) is 0 Å². The molecule has 3 aromatic heterocycles. The number of benzene rings is 2. The SMILES string of the molecule is Cc1cc(-c2n[nH]c3ccc(-c4nnc(C5CCC6CCC5N6Cc5ccccc5F)o4)cc23)ccn1. The smallest absolute Gasteiger partial charge is 0.247 e. The summed E-state index contributed by atoms with van der Waals surface area (Å²) in [5, 5.41) is 17.6. The zero-order valence-electron chi connectivity index (χ0n) is 20.6. The number of hydrogen-bond acceptors (Lipinski definition) is 6. The summed E-state index contributed by atoms with van der Waals surface area (Å²) in [7, 11) is 0. The number of aryl methyl sites for hydroxylation is 1. The molecule has 0 saturated carbocycles. The molecule has 0 amide bonds. The molecule has 7 rings (SSSR count). The molecule has 3 atom stereocenters. The zero-order chi connectivity index (χ0) is 24.9. The van der Waals surface area contributed by atoms with E-state index in [-0.39, 0.29) is 17.8 Å². The number of aromatic amines is 1. The van der Waals surface area contributed by atoms with E-state index < -0.39 is 0 Å². The van der Waals surface area contributed by atoms with Crippen LogP contribution in [0.2, 0.25) is 0 Å². The molecule has 37 heavy (non-hydrogen) atoms. The first-order chi connectivity index (χ1) is 18.1. The highest BCUT2D eigenvalue weighted by atomic mass is 19.1. The van der Waals surface area contributed by atoms with E-state index >= 15 is 0 Å². The number of nitrogens with one attached hydrogen (secondary N) is 1. The third-order valence-corrected chi connectivity index (χ3v) is 8.01. The predicted octanol–water partition coefficient (Wildman–Crippen LogP) is 6.03. The van der Waals surface area contributed by atoms with E-state index in [0.29, 0.717) is 24.4 Å². The van der Waals surface area contributed by atoms with Gasteiger partial charge in [0.1, 0.15) is 11.5 Å². The molecule has 2 fully saturated rings. The largest absolute Gasteiger partial charge is 0.420 e. The molecule has 2 bridgehead atoms. The molecule has 2 aliphatic heterocycles. The minimum absolute atomic E-state index is 0.139. The van der Waals surface area contributed by atoms with Crippen molar-refractivity contribution < 1.29 is 8.81 Å². The van der Waals surface area contributed by atoms with Gasteiger partial charge in [0.15, 0.2) is 0 Å². The Bertz CT molecular complexity index is 1590. The van der Waals surface area contributed by atoms with Gasteiger partial charge >= 0.3 is 0 Å². The van der Waals surface area contributed by atoms with E-state index in [9.17, 15) is 4.39 Å². The molecule has 2 saturated heterocycles. The molecule has 2 aliphatic rings. The number of aromatic nitrogens is 5. The maximum atomic E-state index is 14.4. The number of hydrogen-bond donors (Lipinski definition) is 1. The first-order valence-electron chi connectivity index (χ1n) is 12.9. The van der Waals surface area contributed by atoms with Gasteiger partial charge in [-0.2, -0.15) is 5.10 Å². The normalized spacial score (nSPS) is 21.6. The predicted molar refractivity (Wildman–Crippen MR) is 138 cm³/mol. The molecule has 0 aliphatic carbocycles. The molecule has 0 spiro atoms. The standard InChI is InChI=1S/C29H27FN6O/c1-17-14-18(12-13-31-17)27-23-15-19(6-10-25(23)32-33-27)28-34-35-29(37-28)22-9-7-21-8-11-26(22)36(21)16-20-4-2-3-5-24(20)30/h2-6,10,12-15,21-22,26H,7-9,11,16H2,1H3,(H,32,33). The fraction of sp³-hybridized carbons (Fsp3) is 0.310. The van der Waals surface area contributed by atoms with Crippen LogP contribution in [0.1, 0.15) is 48.7 Å². The van der Waals surface area contributed by atoms with Crippen molar-refractivity contribution in [3.05, 3.63) is 83.8 Å². The van der Waals surface area contributed by atoms with E-state index in [4.69, 9.17) is 4.42 Å². The van der Waals surface area contributed by atoms with Crippen molar-refractivity contribution >= 4 is 10.9 Å². The Balaban J connectivity index is 1.18. The molecule has 1 N–H and O–H groups in total. The molecule has 186 valence electrons. The lowest BCUT2D eigenvalue weighted by molar-refractivity contribution is 0.102. The Morgan fingerprint density at radius 2 is 1.89 bits per heavy atom. The molecule has 7 nitrogen and oxygen atoms in total. The summed E-state index contributed by atoms with van der Waals surface area (Å²) in [5.74, 6) is 1.20. The lowest BCUT2D eigenvalue weighted by Gasteiger charge is -2.38. The maximum Gasteiger partial charge on any atom is 0.247 e. The molecule has 5 aromatic rings. The van der Waals surface area contributed by atoms with Crippen LogP contribution in [0, 0.1) is 12.7 Å². The number of nitrogens with zero attached hydrogens (tertiary/aromatic N) is 5. The van der Waals surface area contributed by atoms with Gasteiger partial charge in [0.25, 0.3) is 0 Å². The minimum atomic E-state index is -0.139. The Labute approximate surface area is 213 Å². The Morgan fingerprint density at radius 1 is 1.00 bits per heavy atom. The average Bonchev–Trinajstić information content (AvgIpc) is 3.62. The van der Waals surface area contributed by atoms with Crippen molar-refractivity contribution in [2.24, 2.45) is 0 Å². The van der Waals surface area contributed by atoms with Gasteiger partial charge in [-0.3, -0.25) is 15.0 Å². The lowest BCUT2D eigenvalue weighted by Crippen LogP contribution is -2.43. The molecular formula is C29H27FN6O. The summed E-state index contributed by atoms with van der Waals surface area (Å²) < 4.78 is 20.7. The average molecular weight is 495 g/mol. The van der Waals surface area contributed by atoms with Gasteiger partial charge in [-0.05, 0) is 69.0 Å². The van der Waals surface area contributed by atoms with Gasteiger partial charge in [0.2, 0.25) is 11.8 Å². The van der Waals surface area contributed by atoms with Crippen molar-refractivity contribution in [1.29, 1.82) is 0 Å². The fourth-order valence-corrected chi connectivity index (χ4v) is 6.19. The first-order valence-corrected chi connectivity index (χ1v) is 12.9. The summed E-state index contributed by atoms with van der Waals surface area (Å²) in [5.41, 5.74) is 5.38. The molecule has 8 heteroatoms. The molecule has 5 heterocycles. The second kappa shape index (κ2) is 8.88. The van der Waals surface area contributed by atoms with Gasteiger partial charge in [-0.1, -0.05) is 18.2 Å². The number of pyridine rings is 1. The van der Waals surface area contributed by atoms with Crippen LogP contribution < -0.4 is 0 Å². The van der Waals surface area contributed by atoms with E-state index in [0.717, 1.165) is 64.7 Å². The topological polar surface area (TPSA) is 83.7 Å². The van der Waals surface area contributed by atoms with E-state index in [1.165, 1.54) is 0 Å². The Hall–Kier alpha value is -3.91. The molecule has 2 aromatic carbocycles. The van der Waals surface area contributed by atoms with Crippen molar-refractivity contribution in [1.82, 2.24) is 30.3 Å². The lowest BCUT2D eigenvalue weighted by atomic mass is 9.89. The van der Waals surface area contributed by atoms with Gasteiger partial charge in [0, 0.05) is 52.6 Å². The maximum absolute atomic E-state index is 14.4. The minimum Gasteiger partial charge on any atom is -0.420 e. The summed E-state index contributed by atoms with van der Waals surface area (Å²) >= 11 is 0. The van der Waals surface area contributed by atoms with Crippen LogP contribution in [0.4, 0.5) is 4.39 Å². The van der Waals surface area contributed by atoms with Crippen LogP contribution in [0.25, 0.3) is 33.6 Å². The first kappa shape index (κ1) is 22.3. The monoisotopic (exact) mass is 494 g/mol. The van der Waals surface area contributed by atoms with Crippen LogP contribution in [-0.4, -0.2) is 42.4 Å². The van der Waals surface area contributed by atoms with Gasteiger partial charge in [0.05, 0.1) is 11.4 Å². The molecule has 3 unspecified atom stereocenters. The van der Waals surface area contributed by atoms with Crippen molar-refractivity contribution in [3.63, 3.8) is 0 Å². The van der Waals surface area contributed by atoms with Crippen LogP contribution >= 0.6 is 0 Å². The number of H-pyrrole nitrogens is 1. The summed E-state index contributed by atoms with van der Waals surface area (Å²) in [4.78, 5) is 6.75. The van der Waals surface area contributed by atoms with Crippen molar-refractivity contribution in [2.45, 2.75) is 57.2 Å². The zero-order valence-corrected chi connectivity index (χ0v) is 20.6. The molecule has 0 radical (unpaired) electrons. The quantitative estimate of drug-likeness (QED) is 0.321. The highest BCUT2D eigenvalue weighted by Crippen LogP contribution is 2.45. The van der Waals surface area contributed by atoms with Crippen molar-refractivity contribution in [3.8, 4) is 22.7 Å². The summed E-state index contributed by atoms with van der Waals surface area (Å²) in [6, 6.07) is 17.9. The Morgan fingerprint density at radius 3 is 2.78 bits per heavy atom. The fourth-order valence-electron chi connectivity index (χ4n) is 6.19. The van der Waals surface area contributed by atoms with Crippen molar-refractivity contribution in [2.75, 3.05) is 0 Å². The third-order valence-electron chi connectivity index (χ3n) is 8.01. The van der Waals surface area contributed by atoms with Gasteiger partial charge in [-0.25, -0.2) is 4.39 Å². The number of piperidine rings is 1. The number of rotatable bonds is 5. The number of halogens is 1. The highest BCUT2D eigenvalue weighted by Gasteiger charge is 2.45. The van der Waals surface area contributed by atoms with Crippen LogP contribution in [-0.2, 0) is 6.54 Å². The third kappa shape index (κ3) is 3.92. The highest BCUT2D eigenvalue weighted by molar-refractivity contribution is 5.95. The summed E-state index contributed by atoms with van der Waals surface area (Å²) in [6.07, 6.45) is 6.06. The van der Waals surface area contributed by atoms with E-state index in [1.807, 2.05) is 43.3 Å².